The number of benzene rings is 1. The molecule has 3 atom stereocenters. The van der Waals surface area contributed by atoms with E-state index in [1.807, 2.05) is 25.1 Å². The van der Waals surface area contributed by atoms with E-state index >= 15 is 0 Å². The average Bonchev–Trinajstić information content (AvgIpc) is 3.28. The zero-order valence-electron chi connectivity index (χ0n) is 15.2. The molecule has 2 fully saturated rings. The summed E-state index contributed by atoms with van der Waals surface area (Å²) in [5, 5.41) is 0. The third-order valence-electron chi connectivity index (χ3n) is 6.04. The molecule has 136 valence electrons. The SMILES string of the molecule is C[C@H](C(=O)N1CCC[C@@H]1[C@H]1CCCN1C)c1ccc2c(c1)OCCO2. The molecule has 5 heteroatoms. The second kappa shape index (κ2) is 6.87. The van der Waals surface area contributed by atoms with Crippen LogP contribution in [0.1, 0.15) is 44.1 Å². The molecular formula is C20H28N2O3. The van der Waals surface area contributed by atoms with Crippen LogP contribution in [0.25, 0.3) is 0 Å². The van der Waals surface area contributed by atoms with Gasteiger partial charge in [0.2, 0.25) is 5.91 Å². The molecule has 3 aliphatic rings. The lowest BCUT2D eigenvalue weighted by atomic mass is 9.97. The number of hydrogen-bond acceptors (Lipinski definition) is 4. The molecule has 0 N–H and O–H groups in total. The second-order valence-corrected chi connectivity index (χ2v) is 7.56. The zero-order chi connectivity index (χ0) is 17.4. The number of carbonyl (C=O) groups excluding carboxylic acids is 1. The van der Waals surface area contributed by atoms with Crippen molar-refractivity contribution in [1.82, 2.24) is 9.80 Å². The standard InChI is InChI=1S/C20H28N2O3/c1-14(15-7-8-18-19(13-15)25-12-11-24-18)20(23)22-10-4-6-17(22)16-5-3-9-21(16)2/h7-8,13-14,16-17H,3-6,9-12H2,1-2H3/t14-,16+,17+/m0/s1. The molecule has 0 spiro atoms. The molecule has 3 aliphatic heterocycles. The molecule has 25 heavy (non-hydrogen) atoms. The summed E-state index contributed by atoms with van der Waals surface area (Å²) in [7, 11) is 2.20. The van der Waals surface area contributed by atoms with Crippen LogP contribution in [0.3, 0.4) is 0 Å². The maximum Gasteiger partial charge on any atom is 0.230 e. The van der Waals surface area contributed by atoms with Gasteiger partial charge in [-0.2, -0.15) is 0 Å². The number of nitrogens with zero attached hydrogens (tertiary/aromatic N) is 2. The van der Waals surface area contributed by atoms with Crippen molar-refractivity contribution >= 4 is 5.91 Å². The number of likely N-dealkylation sites (N-methyl/N-ethyl adjacent to an activating group) is 1. The molecule has 5 nitrogen and oxygen atoms in total. The molecular weight excluding hydrogens is 316 g/mol. The number of carbonyl (C=O) groups is 1. The van der Waals surface area contributed by atoms with Gasteiger partial charge in [-0.3, -0.25) is 4.79 Å². The van der Waals surface area contributed by atoms with Gasteiger partial charge in [-0.1, -0.05) is 6.07 Å². The molecule has 0 aliphatic carbocycles. The Hall–Kier alpha value is -1.75. The summed E-state index contributed by atoms with van der Waals surface area (Å²) in [4.78, 5) is 17.8. The van der Waals surface area contributed by atoms with E-state index in [4.69, 9.17) is 9.47 Å². The molecule has 0 unspecified atom stereocenters. The lowest BCUT2D eigenvalue weighted by Crippen LogP contribution is -2.48. The van der Waals surface area contributed by atoms with Gasteiger partial charge in [-0.05, 0) is 63.9 Å². The fraction of sp³-hybridized carbons (Fsp3) is 0.650. The fourth-order valence-electron chi connectivity index (χ4n) is 4.61. The van der Waals surface area contributed by atoms with Gasteiger partial charge in [-0.15, -0.1) is 0 Å². The summed E-state index contributed by atoms with van der Waals surface area (Å²) in [6.07, 6.45) is 4.71. The molecule has 0 radical (unpaired) electrons. The molecule has 1 aromatic rings. The molecule has 2 saturated heterocycles. The lowest BCUT2D eigenvalue weighted by molar-refractivity contribution is -0.134. The highest BCUT2D eigenvalue weighted by Crippen LogP contribution is 2.35. The van der Waals surface area contributed by atoms with Crippen molar-refractivity contribution in [1.29, 1.82) is 0 Å². The average molecular weight is 344 g/mol. The van der Waals surface area contributed by atoms with Crippen molar-refractivity contribution in [3.8, 4) is 11.5 Å². The van der Waals surface area contributed by atoms with Crippen LogP contribution in [0.15, 0.2) is 18.2 Å². The molecule has 3 heterocycles. The minimum Gasteiger partial charge on any atom is -0.486 e. The Balaban J connectivity index is 1.51. The van der Waals surface area contributed by atoms with E-state index in [9.17, 15) is 4.79 Å². The van der Waals surface area contributed by atoms with Gasteiger partial charge in [0.25, 0.3) is 0 Å². The molecule has 4 rings (SSSR count). The van der Waals surface area contributed by atoms with Crippen LogP contribution in [-0.4, -0.2) is 61.1 Å². The highest BCUT2D eigenvalue weighted by Gasteiger charge is 2.39. The molecule has 0 aromatic heterocycles. The van der Waals surface area contributed by atoms with E-state index in [-0.39, 0.29) is 11.8 Å². The van der Waals surface area contributed by atoms with Crippen molar-refractivity contribution in [2.24, 2.45) is 0 Å². The van der Waals surface area contributed by atoms with Crippen molar-refractivity contribution in [3.63, 3.8) is 0 Å². The van der Waals surface area contributed by atoms with Crippen LogP contribution in [0.4, 0.5) is 0 Å². The molecule has 0 saturated carbocycles. The Morgan fingerprint density at radius 1 is 1.08 bits per heavy atom. The first-order chi connectivity index (χ1) is 12.1. The summed E-state index contributed by atoms with van der Waals surface area (Å²) in [5.74, 6) is 1.64. The van der Waals surface area contributed by atoms with Crippen molar-refractivity contribution in [2.45, 2.75) is 50.6 Å². The van der Waals surface area contributed by atoms with Crippen LogP contribution in [0.5, 0.6) is 11.5 Å². The van der Waals surface area contributed by atoms with Crippen LogP contribution < -0.4 is 9.47 Å². The third kappa shape index (κ3) is 3.10. The number of likely N-dealkylation sites (tertiary alicyclic amines) is 2. The minimum atomic E-state index is -0.150. The number of hydrogen-bond donors (Lipinski definition) is 0. The van der Waals surface area contributed by atoms with E-state index < -0.39 is 0 Å². The summed E-state index contributed by atoms with van der Waals surface area (Å²) >= 11 is 0. The first-order valence-corrected chi connectivity index (χ1v) is 9.55. The predicted molar refractivity (Wildman–Crippen MR) is 96.2 cm³/mol. The Labute approximate surface area is 149 Å². The largest absolute Gasteiger partial charge is 0.486 e. The maximum absolute atomic E-state index is 13.2. The Kier molecular flexibility index (Phi) is 4.59. The third-order valence-corrected chi connectivity index (χ3v) is 6.04. The molecule has 1 amide bonds. The Morgan fingerprint density at radius 3 is 2.56 bits per heavy atom. The summed E-state index contributed by atoms with van der Waals surface area (Å²) in [6.45, 7) is 5.22. The Bertz CT molecular complexity index is 648. The number of rotatable bonds is 3. The van der Waals surface area contributed by atoms with Crippen molar-refractivity contribution in [3.05, 3.63) is 23.8 Å². The quantitative estimate of drug-likeness (QED) is 0.845. The van der Waals surface area contributed by atoms with Crippen LogP contribution >= 0.6 is 0 Å². The smallest absolute Gasteiger partial charge is 0.230 e. The Morgan fingerprint density at radius 2 is 1.80 bits per heavy atom. The van der Waals surface area contributed by atoms with E-state index in [0.717, 1.165) is 43.0 Å². The van der Waals surface area contributed by atoms with Gasteiger partial charge >= 0.3 is 0 Å². The first kappa shape index (κ1) is 16.7. The topological polar surface area (TPSA) is 42.0 Å². The van der Waals surface area contributed by atoms with Gasteiger partial charge in [0, 0.05) is 18.6 Å². The van der Waals surface area contributed by atoms with Gasteiger partial charge in [0.05, 0.1) is 5.92 Å². The summed E-state index contributed by atoms with van der Waals surface area (Å²) < 4.78 is 11.3. The van der Waals surface area contributed by atoms with Crippen molar-refractivity contribution in [2.75, 3.05) is 33.4 Å². The normalized spacial score (nSPS) is 27.5. The van der Waals surface area contributed by atoms with E-state index in [1.165, 1.54) is 12.8 Å². The number of ether oxygens (including phenoxy) is 2. The number of amides is 1. The highest BCUT2D eigenvalue weighted by molar-refractivity contribution is 5.84. The van der Waals surface area contributed by atoms with E-state index in [1.54, 1.807) is 0 Å². The van der Waals surface area contributed by atoms with Gasteiger partial charge in [0.15, 0.2) is 11.5 Å². The minimum absolute atomic E-state index is 0.150. The van der Waals surface area contributed by atoms with Gasteiger partial charge in [0.1, 0.15) is 13.2 Å². The lowest BCUT2D eigenvalue weighted by Gasteiger charge is -2.34. The van der Waals surface area contributed by atoms with E-state index in [2.05, 4.69) is 16.8 Å². The van der Waals surface area contributed by atoms with E-state index in [0.29, 0.717) is 25.3 Å². The van der Waals surface area contributed by atoms with Gasteiger partial charge < -0.3 is 19.3 Å². The monoisotopic (exact) mass is 344 g/mol. The van der Waals surface area contributed by atoms with Crippen LogP contribution in [0, 0.1) is 0 Å². The summed E-state index contributed by atoms with van der Waals surface area (Å²) in [6, 6.07) is 6.81. The molecule has 0 bridgehead atoms. The predicted octanol–water partition coefficient (Wildman–Crippen LogP) is 2.65. The zero-order valence-corrected chi connectivity index (χ0v) is 15.2. The second-order valence-electron chi connectivity index (χ2n) is 7.56. The van der Waals surface area contributed by atoms with Crippen molar-refractivity contribution < 1.29 is 14.3 Å². The van der Waals surface area contributed by atoms with Crippen LogP contribution in [0.2, 0.25) is 0 Å². The van der Waals surface area contributed by atoms with Gasteiger partial charge in [-0.25, -0.2) is 0 Å². The molecule has 1 aromatic carbocycles. The maximum atomic E-state index is 13.2. The first-order valence-electron chi connectivity index (χ1n) is 9.55. The highest BCUT2D eigenvalue weighted by atomic mass is 16.6. The number of fused-ring (bicyclic) bond motifs is 1. The van der Waals surface area contributed by atoms with Crippen LogP contribution in [-0.2, 0) is 4.79 Å². The summed E-state index contributed by atoms with van der Waals surface area (Å²) in [5.41, 5.74) is 1.01. The fourth-order valence-corrected chi connectivity index (χ4v) is 4.61.